The zero-order valence-corrected chi connectivity index (χ0v) is 13.7. The summed E-state index contributed by atoms with van der Waals surface area (Å²) in [6.07, 6.45) is 0. The van der Waals surface area contributed by atoms with Gasteiger partial charge in [-0.1, -0.05) is 42.0 Å². The van der Waals surface area contributed by atoms with Crippen LogP contribution in [0.4, 0.5) is 5.69 Å². The topological polar surface area (TPSA) is 50.9 Å². The van der Waals surface area contributed by atoms with Crippen molar-refractivity contribution in [3.63, 3.8) is 0 Å². The number of nitrogens with zero attached hydrogens (tertiary/aromatic N) is 1. The fourth-order valence-electron chi connectivity index (χ4n) is 2.43. The third-order valence-electron chi connectivity index (χ3n) is 3.52. The summed E-state index contributed by atoms with van der Waals surface area (Å²) in [4.78, 5) is 4.81. The molecule has 21 heavy (non-hydrogen) atoms. The first-order valence-electron chi connectivity index (χ1n) is 6.99. The summed E-state index contributed by atoms with van der Waals surface area (Å²) in [5, 5.41) is 3.50. The van der Waals surface area contributed by atoms with Gasteiger partial charge in [-0.15, -0.1) is 0 Å². The van der Waals surface area contributed by atoms with Crippen molar-refractivity contribution in [2.24, 2.45) is 5.73 Å². The molecule has 0 amide bonds. The Morgan fingerprint density at radius 1 is 1.19 bits per heavy atom. The molecule has 2 rings (SSSR count). The fraction of sp³-hybridized carbons (Fsp3) is 0.294. The molecule has 0 radical (unpaired) electrons. The van der Waals surface area contributed by atoms with Crippen molar-refractivity contribution in [1.82, 2.24) is 4.98 Å². The number of thiocarbonyl (C=S) groups is 1. The molecule has 4 heteroatoms. The highest BCUT2D eigenvalue weighted by Gasteiger charge is 2.14. The summed E-state index contributed by atoms with van der Waals surface area (Å²) in [6, 6.07) is 10.7. The number of hydrogen-bond acceptors (Lipinski definition) is 3. The van der Waals surface area contributed by atoms with Crippen LogP contribution in [0.5, 0.6) is 0 Å². The van der Waals surface area contributed by atoms with Crippen molar-refractivity contribution >= 4 is 22.9 Å². The molecule has 1 atom stereocenters. The number of nitrogens with two attached hydrogens (primary N) is 1. The summed E-state index contributed by atoms with van der Waals surface area (Å²) >= 11 is 5.16. The van der Waals surface area contributed by atoms with Crippen LogP contribution in [0.25, 0.3) is 0 Å². The van der Waals surface area contributed by atoms with Crippen molar-refractivity contribution in [3.8, 4) is 0 Å². The molecular formula is C17H21N3S. The second-order valence-corrected chi connectivity index (χ2v) is 5.85. The summed E-state index contributed by atoms with van der Waals surface area (Å²) in [5.41, 5.74) is 11.9. The molecule has 0 spiro atoms. The standard InChI is InChI=1S/C17H21N3S/c1-10-5-7-14(8-6-10)12(3)20-15-9-11(2)19-13(4)16(15)17(18)21/h5-9,12H,1-4H3,(H2,18,21)(H,19,20). The Labute approximate surface area is 131 Å². The smallest absolute Gasteiger partial charge is 0.107 e. The van der Waals surface area contributed by atoms with Gasteiger partial charge in [0.1, 0.15) is 4.99 Å². The Hall–Kier alpha value is -1.94. The Balaban J connectivity index is 2.34. The van der Waals surface area contributed by atoms with Gasteiger partial charge in [-0.05, 0) is 39.3 Å². The summed E-state index contributed by atoms with van der Waals surface area (Å²) in [6.45, 7) is 8.11. The first-order valence-corrected chi connectivity index (χ1v) is 7.40. The van der Waals surface area contributed by atoms with E-state index in [1.807, 2.05) is 19.9 Å². The molecule has 0 bridgehead atoms. The zero-order valence-electron chi connectivity index (χ0n) is 12.9. The molecule has 110 valence electrons. The number of rotatable bonds is 4. The van der Waals surface area contributed by atoms with Crippen LogP contribution in [0, 0.1) is 20.8 Å². The van der Waals surface area contributed by atoms with Gasteiger partial charge in [0.15, 0.2) is 0 Å². The number of nitrogens with one attached hydrogen (secondary N) is 1. The van der Waals surface area contributed by atoms with Gasteiger partial charge in [0.2, 0.25) is 0 Å². The predicted octanol–water partition coefficient (Wildman–Crippen LogP) is 3.81. The average Bonchev–Trinajstić information content (AvgIpc) is 2.37. The summed E-state index contributed by atoms with van der Waals surface area (Å²) < 4.78 is 0. The Morgan fingerprint density at radius 3 is 2.38 bits per heavy atom. The molecule has 0 aliphatic carbocycles. The van der Waals surface area contributed by atoms with Crippen molar-refractivity contribution < 1.29 is 0 Å². The van der Waals surface area contributed by atoms with Crippen LogP contribution in [-0.4, -0.2) is 9.97 Å². The van der Waals surface area contributed by atoms with Gasteiger partial charge in [-0.25, -0.2) is 0 Å². The van der Waals surface area contributed by atoms with E-state index in [1.165, 1.54) is 11.1 Å². The Morgan fingerprint density at radius 2 is 1.81 bits per heavy atom. The van der Waals surface area contributed by atoms with E-state index in [0.29, 0.717) is 4.99 Å². The van der Waals surface area contributed by atoms with Gasteiger partial charge in [-0.2, -0.15) is 0 Å². The highest BCUT2D eigenvalue weighted by atomic mass is 32.1. The number of hydrogen-bond donors (Lipinski definition) is 2. The van der Waals surface area contributed by atoms with Crippen LogP contribution in [0.2, 0.25) is 0 Å². The predicted molar refractivity (Wildman–Crippen MR) is 92.8 cm³/mol. The average molecular weight is 299 g/mol. The SMILES string of the molecule is Cc1ccc(C(C)Nc2cc(C)nc(C)c2C(N)=S)cc1. The van der Waals surface area contributed by atoms with E-state index in [9.17, 15) is 0 Å². The number of anilines is 1. The molecule has 1 unspecified atom stereocenters. The first-order chi connectivity index (χ1) is 9.88. The molecule has 1 heterocycles. The molecule has 0 aliphatic rings. The third kappa shape index (κ3) is 3.58. The van der Waals surface area contributed by atoms with Crippen LogP contribution in [0.3, 0.4) is 0 Å². The largest absolute Gasteiger partial charge is 0.389 e. The van der Waals surface area contributed by atoms with Crippen LogP contribution in [0.15, 0.2) is 30.3 Å². The minimum absolute atomic E-state index is 0.167. The molecule has 1 aromatic heterocycles. The highest BCUT2D eigenvalue weighted by Crippen LogP contribution is 2.25. The summed E-state index contributed by atoms with van der Waals surface area (Å²) in [5.74, 6) is 0. The van der Waals surface area contributed by atoms with Gasteiger partial charge in [0.25, 0.3) is 0 Å². The van der Waals surface area contributed by atoms with E-state index >= 15 is 0 Å². The van der Waals surface area contributed by atoms with Crippen molar-refractivity contribution in [2.45, 2.75) is 33.7 Å². The number of aromatic nitrogens is 1. The molecule has 3 N–H and O–H groups in total. The van der Waals surface area contributed by atoms with Crippen molar-refractivity contribution in [1.29, 1.82) is 0 Å². The zero-order chi connectivity index (χ0) is 15.6. The van der Waals surface area contributed by atoms with Gasteiger partial charge in [0.05, 0.1) is 5.56 Å². The molecule has 0 saturated carbocycles. The highest BCUT2D eigenvalue weighted by molar-refractivity contribution is 7.80. The molecule has 0 fully saturated rings. The third-order valence-corrected chi connectivity index (χ3v) is 3.73. The Bertz CT molecular complexity index is 662. The second-order valence-electron chi connectivity index (χ2n) is 5.41. The molecule has 0 aliphatic heterocycles. The maximum absolute atomic E-state index is 5.85. The fourth-order valence-corrected chi connectivity index (χ4v) is 2.68. The van der Waals surface area contributed by atoms with Gasteiger partial charge in [0, 0.05) is 23.1 Å². The lowest BCUT2D eigenvalue weighted by molar-refractivity contribution is 0.880. The van der Waals surface area contributed by atoms with E-state index < -0.39 is 0 Å². The van der Waals surface area contributed by atoms with Crippen LogP contribution >= 0.6 is 12.2 Å². The molecule has 2 aromatic rings. The van der Waals surface area contributed by atoms with Gasteiger partial charge < -0.3 is 11.1 Å². The van der Waals surface area contributed by atoms with E-state index in [-0.39, 0.29) is 6.04 Å². The van der Waals surface area contributed by atoms with E-state index in [0.717, 1.165) is 22.6 Å². The molecule has 0 saturated heterocycles. The van der Waals surface area contributed by atoms with E-state index in [1.54, 1.807) is 0 Å². The monoisotopic (exact) mass is 299 g/mol. The van der Waals surface area contributed by atoms with Gasteiger partial charge in [-0.3, -0.25) is 4.98 Å². The molecular weight excluding hydrogens is 278 g/mol. The van der Waals surface area contributed by atoms with Crippen molar-refractivity contribution in [2.75, 3.05) is 5.32 Å². The maximum atomic E-state index is 5.85. The normalized spacial score (nSPS) is 12.0. The van der Waals surface area contributed by atoms with E-state index in [2.05, 4.69) is 48.4 Å². The molecule has 3 nitrogen and oxygen atoms in total. The van der Waals surface area contributed by atoms with Gasteiger partial charge >= 0.3 is 0 Å². The van der Waals surface area contributed by atoms with Crippen LogP contribution < -0.4 is 11.1 Å². The number of aryl methyl sites for hydroxylation is 3. The minimum Gasteiger partial charge on any atom is -0.389 e. The van der Waals surface area contributed by atoms with Crippen molar-refractivity contribution in [3.05, 3.63) is 58.4 Å². The maximum Gasteiger partial charge on any atom is 0.107 e. The lowest BCUT2D eigenvalue weighted by atomic mass is 10.0. The number of pyridine rings is 1. The Kier molecular flexibility index (Phi) is 4.58. The molecule has 1 aromatic carbocycles. The minimum atomic E-state index is 0.167. The quantitative estimate of drug-likeness (QED) is 0.843. The summed E-state index contributed by atoms with van der Waals surface area (Å²) in [7, 11) is 0. The lowest BCUT2D eigenvalue weighted by Crippen LogP contribution is -2.18. The van der Waals surface area contributed by atoms with E-state index in [4.69, 9.17) is 18.0 Å². The first kappa shape index (κ1) is 15.4. The second kappa shape index (κ2) is 6.22. The number of benzene rings is 1. The van der Waals surface area contributed by atoms with Crippen LogP contribution in [-0.2, 0) is 0 Å². The lowest BCUT2D eigenvalue weighted by Gasteiger charge is -2.20. The van der Waals surface area contributed by atoms with Crippen LogP contribution in [0.1, 0.15) is 41.0 Å².